The van der Waals surface area contributed by atoms with Crippen LogP contribution in [0.3, 0.4) is 0 Å². The molecule has 178 valence electrons. The molecule has 0 fully saturated rings. The van der Waals surface area contributed by atoms with Crippen LogP contribution in [0.4, 0.5) is 0 Å². The lowest BCUT2D eigenvalue weighted by Crippen LogP contribution is -1.96. The number of hydrogen-bond donors (Lipinski definition) is 1. The van der Waals surface area contributed by atoms with Gasteiger partial charge in [0.2, 0.25) is 0 Å². The number of fused-ring (bicyclic) bond motifs is 3. The Bertz CT molecular complexity index is 1800. The molecule has 0 aliphatic heterocycles. The van der Waals surface area contributed by atoms with Crippen LogP contribution in [-0.4, -0.2) is 0 Å². The topological polar surface area (TPSA) is 26.0 Å². The zero-order chi connectivity index (χ0) is 25.4. The average molecular weight is 476 g/mol. The number of nitrogens with two attached hydrogens (primary N) is 1. The summed E-state index contributed by atoms with van der Waals surface area (Å²) in [5.41, 5.74) is 14.4. The van der Waals surface area contributed by atoms with Crippen LogP contribution in [0.1, 0.15) is 18.1 Å². The fourth-order valence-electron chi connectivity index (χ4n) is 5.42. The molecule has 0 aliphatic carbocycles. The lowest BCUT2D eigenvalue weighted by Gasteiger charge is -2.18. The van der Waals surface area contributed by atoms with Gasteiger partial charge in [-0.2, -0.15) is 0 Å². The highest BCUT2D eigenvalue weighted by molar-refractivity contribution is 6.21. The summed E-state index contributed by atoms with van der Waals surface area (Å²) >= 11 is 0. The molecule has 0 spiro atoms. The highest BCUT2D eigenvalue weighted by Gasteiger charge is 2.17. The van der Waals surface area contributed by atoms with Crippen LogP contribution in [0, 0.1) is 6.92 Å². The molecule has 0 amide bonds. The molecule has 1 heteroatoms. The molecule has 0 bridgehead atoms. The van der Waals surface area contributed by atoms with Gasteiger partial charge in [0.25, 0.3) is 0 Å². The van der Waals surface area contributed by atoms with Gasteiger partial charge in [0.05, 0.1) is 0 Å². The minimum atomic E-state index is 0.761. The maximum atomic E-state index is 6.42. The quantitative estimate of drug-likeness (QED) is 0.199. The minimum absolute atomic E-state index is 0.761. The standard InChI is InChI=1S/C36H29N/c1-3-4-16-34(37)26-10-9-11-27(22-26)35-30-12-5-7-14-32(30)36(33-15-8-6-13-31(33)35)28-20-19-25-18-17-24(2)21-29(25)23-28/h3-23H,37H2,1-2H3/b4-3-,34-16-. The first kappa shape index (κ1) is 22.8. The zero-order valence-corrected chi connectivity index (χ0v) is 21.2. The highest BCUT2D eigenvalue weighted by Crippen LogP contribution is 2.44. The number of hydrogen-bond acceptors (Lipinski definition) is 1. The second kappa shape index (κ2) is 9.44. The minimum Gasteiger partial charge on any atom is -0.398 e. The van der Waals surface area contributed by atoms with Gasteiger partial charge in [0.1, 0.15) is 0 Å². The summed E-state index contributed by atoms with van der Waals surface area (Å²) in [6.45, 7) is 4.15. The summed E-state index contributed by atoms with van der Waals surface area (Å²) in [4.78, 5) is 0. The van der Waals surface area contributed by atoms with E-state index >= 15 is 0 Å². The summed E-state index contributed by atoms with van der Waals surface area (Å²) in [7, 11) is 0. The van der Waals surface area contributed by atoms with E-state index < -0.39 is 0 Å². The van der Waals surface area contributed by atoms with E-state index in [0.717, 1.165) is 11.3 Å². The van der Waals surface area contributed by atoms with E-state index in [-0.39, 0.29) is 0 Å². The molecule has 6 aromatic rings. The van der Waals surface area contributed by atoms with Crippen LogP contribution in [-0.2, 0) is 0 Å². The Balaban J connectivity index is 1.67. The molecule has 6 rings (SSSR count). The Morgan fingerprint density at radius 3 is 1.81 bits per heavy atom. The van der Waals surface area contributed by atoms with Crippen molar-refractivity contribution < 1.29 is 0 Å². The van der Waals surface area contributed by atoms with Crippen molar-refractivity contribution in [3.63, 3.8) is 0 Å². The third-order valence-corrected chi connectivity index (χ3v) is 7.17. The first-order chi connectivity index (χ1) is 18.1. The molecule has 0 radical (unpaired) electrons. The maximum Gasteiger partial charge on any atom is 0.0387 e. The lowest BCUT2D eigenvalue weighted by molar-refractivity contribution is 1.51. The van der Waals surface area contributed by atoms with Gasteiger partial charge in [-0.25, -0.2) is 0 Å². The molecule has 0 saturated heterocycles. The van der Waals surface area contributed by atoms with Crippen molar-refractivity contribution in [3.05, 3.63) is 139 Å². The summed E-state index contributed by atoms with van der Waals surface area (Å²) in [6, 6.07) is 39.6. The van der Waals surface area contributed by atoms with Crippen molar-refractivity contribution in [2.24, 2.45) is 5.73 Å². The molecule has 0 unspecified atom stereocenters. The Kier molecular flexibility index (Phi) is 5.82. The summed E-state index contributed by atoms with van der Waals surface area (Å²) < 4.78 is 0. The molecule has 1 nitrogen and oxygen atoms in total. The van der Waals surface area contributed by atoms with Gasteiger partial charge in [0.15, 0.2) is 0 Å². The number of aryl methyl sites for hydroxylation is 1. The SMILES string of the molecule is C/C=C\C=C(/N)c1cccc(-c2c3ccccc3c(-c3ccc4ccc(C)cc4c3)c3ccccc23)c1. The first-order valence-corrected chi connectivity index (χ1v) is 12.8. The van der Waals surface area contributed by atoms with Crippen LogP contribution in [0.5, 0.6) is 0 Å². The summed E-state index contributed by atoms with van der Waals surface area (Å²) in [5, 5.41) is 7.53. The van der Waals surface area contributed by atoms with Crippen LogP contribution >= 0.6 is 0 Å². The molecule has 0 atom stereocenters. The molecule has 6 aromatic carbocycles. The number of benzene rings is 6. The Morgan fingerprint density at radius 2 is 1.19 bits per heavy atom. The normalized spacial score (nSPS) is 12.2. The molecule has 0 heterocycles. The van der Waals surface area contributed by atoms with Gasteiger partial charge in [0, 0.05) is 5.70 Å². The van der Waals surface area contributed by atoms with E-state index in [1.807, 2.05) is 25.2 Å². The van der Waals surface area contributed by atoms with E-state index in [0.29, 0.717) is 0 Å². The summed E-state index contributed by atoms with van der Waals surface area (Å²) in [5.74, 6) is 0. The van der Waals surface area contributed by atoms with Crippen LogP contribution in [0.25, 0.3) is 60.3 Å². The molecule has 2 N–H and O–H groups in total. The van der Waals surface area contributed by atoms with Crippen LogP contribution in [0.15, 0.2) is 127 Å². The van der Waals surface area contributed by atoms with Gasteiger partial charge < -0.3 is 5.73 Å². The molecule has 37 heavy (non-hydrogen) atoms. The average Bonchev–Trinajstić information content (AvgIpc) is 2.94. The smallest absolute Gasteiger partial charge is 0.0387 e. The molecular formula is C36H29N. The Hall–Kier alpha value is -4.62. The van der Waals surface area contributed by atoms with Gasteiger partial charge >= 0.3 is 0 Å². The zero-order valence-electron chi connectivity index (χ0n) is 21.2. The maximum absolute atomic E-state index is 6.42. The van der Waals surface area contributed by atoms with Crippen molar-refractivity contribution in [3.8, 4) is 22.3 Å². The Labute approximate surface area is 218 Å². The largest absolute Gasteiger partial charge is 0.398 e. The van der Waals surface area contributed by atoms with Crippen molar-refractivity contribution in [2.45, 2.75) is 13.8 Å². The fourth-order valence-corrected chi connectivity index (χ4v) is 5.42. The van der Waals surface area contributed by atoms with E-state index in [9.17, 15) is 0 Å². The molecule has 0 aliphatic rings. The van der Waals surface area contributed by atoms with E-state index in [2.05, 4.69) is 116 Å². The van der Waals surface area contributed by atoms with Crippen molar-refractivity contribution in [1.29, 1.82) is 0 Å². The van der Waals surface area contributed by atoms with Gasteiger partial charge in [-0.1, -0.05) is 115 Å². The lowest BCUT2D eigenvalue weighted by atomic mass is 9.85. The van der Waals surface area contributed by atoms with Crippen molar-refractivity contribution in [2.75, 3.05) is 0 Å². The van der Waals surface area contributed by atoms with Gasteiger partial charge in [-0.05, 0) is 92.2 Å². The predicted octanol–water partition coefficient (Wildman–Crippen LogP) is 9.66. The van der Waals surface area contributed by atoms with Crippen LogP contribution in [0.2, 0.25) is 0 Å². The first-order valence-electron chi connectivity index (χ1n) is 12.8. The van der Waals surface area contributed by atoms with Crippen molar-refractivity contribution >= 4 is 38.0 Å². The monoisotopic (exact) mass is 475 g/mol. The van der Waals surface area contributed by atoms with E-state index in [1.165, 1.54) is 60.1 Å². The number of rotatable bonds is 4. The van der Waals surface area contributed by atoms with Gasteiger partial charge in [-0.3, -0.25) is 0 Å². The van der Waals surface area contributed by atoms with Crippen molar-refractivity contribution in [1.82, 2.24) is 0 Å². The second-order valence-corrected chi connectivity index (χ2v) is 9.64. The summed E-state index contributed by atoms with van der Waals surface area (Å²) in [6.07, 6.45) is 5.93. The predicted molar refractivity (Wildman–Crippen MR) is 162 cm³/mol. The van der Waals surface area contributed by atoms with Gasteiger partial charge in [-0.15, -0.1) is 0 Å². The van der Waals surface area contributed by atoms with Crippen LogP contribution < -0.4 is 5.73 Å². The third-order valence-electron chi connectivity index (χ3n) is 7.17. The van der Waals surface area contributed by atoms with E-state index in [1.54, 1.807) is 0 Å². The Morgan fingerprint density at radius 1 is 0.595 bits per heavy atom. The fraction of sp³-hybridized carbons (Fsp3) is 0.0556. The molecule has 0 aromatic heterocycles. The molecular weight excluding hydrogens is 446 g/mol. The highest BCUT2D eigenvalue weighted by atomic mass is 14.6. The van der Waals surface area contributed by atoms with E-state index in [4.69, 9.17) is 5.73 Å². The third kappa shape index (κ3) is 4.09. The number of allylic oxidation sites excluding steroid dienone is 3. The second-order valence-electron chi connectivity index (χ2n) is 9.64. The molecule has 0 saturated carbocycles.